The summed E-state index contributed by atoms with van der Waals surface area (Å²) in [7, 11) is 0. The first-order valence-corrected chi connectivity index (χ1v) is 8.31. The van der Waals surface area contributed by atoms with Crippen molar-refractivity contribution in [1.29, 1.82) is 0 Å². The second-order valence-corrected chi connectivity index (χ2v) is 5.92. The number of aromatic nitrogens is 1. The van der Waals surface area contributed by atoms with Gasteiger partial charge in [-0.15, -0.1) is 0 Å². The smallest absolute Gasteiger partial charge is 0.242 e. The van der Waals surface area contributed by atoms with Crippen molar-refractivity contribution in [2.45, 2.75) is 12.5 Å². The molecule has 27 heavy (non-hydrogen) atoms. The van der Waals surface area contributed by atoms with Gasteiger partial charge in [0.15, 0.2) is 0 Å². The predicted molar refractivity (Wildman–Crippen MR) is 102 cm³/mol. The van der Waals surface area contributed by atoms with Crippen LogP contribution >= 0.6 is 0 Å². The van der Waals surface area contributed by atoms with Gasteiger partial charge in [-0.25, -0.2) is 9.37 Å². The number of amides is 1. The third kappa shape index (κ3) is 4.80. The highest BCUT2D eigenvalue weighted by atomic mass is 19.1. The van der Waals surface area contributed by atoms with Crippen LogP contribution in [0.4, 0.5) is 15.8 Å². The summed E-state index contributed by atoms with van der Waals surface area (Å²) in [6.45, 7) is 0. The van der Waals surface area contributed by atoms with Gasteiger partial charge in [-0.2, -0.15) is 0 Å². The first-order chi connectivity index (χ1) is 13.0. The molecule has 6 nitrogen and oxygen atoms in total. The Balaban J connectivity index is 1.60. The Morgan fingerprint density at radius 1 is 1.11 bits per heavy atom. The molecule has 5 N–H and O–H groups in total. The number of rotatable bonds is 6. The van der Waals surface area contributed by atoms with Crippen molar-refractivity contribution in [3.63, 3.8) is 0 Å². The number of carbonyl (C=O) groups is 1. The van der Waals surface area contributed by atoms with E-state index in [9.17, 15) is 9.18 Å². The Kier molecular flexibility index (Phi) is 5.63. The van der Waals surface area contributed by atoms with Crippen molar-refractivity contribution in [3.8, 4) is 11.6 Å². The van der Waals surface area contributed by atoms with E-state index in [-0.39, 0.29) is 5.69 Å². The third-order valence-corrected chi connectivity index (χ3v) is 3.86. The van der Waals surface area contributed by atoms with E-state index in [4.69, 9.17) is 16.2 Å². The van der Waals surface area contributed by atoms with Crippen LogP contribution in [0.3, 0.4) is 0 Å². The minimum Gasteiger partial charge on any atom is -0.437 e. The number of nitrogens with zero attached hydrogens (tertiary/aromatic N) is 1. The third-order valence-electron chi connectivity index (χ3n) is 3.86. The fourth-order valence-corrected chi connectivity index (χ4v) is 2.43. The zero-order valence-corrected chi connectivity index (χ0v) is 14.4. The normalized spacial score (nSPS) is 11.6. The van der Waals surface area contributed by atoms with Crippen molar-refractivity contribution in [3.05, 3.63) is 78.2 Å². The molecule has 0 saturated heterocycles. The standard InChI is InChI=1S/C20H19FN4O2/c21-15-4-1-2-6-18(15)25-19(26)17(23)12-13-7-9-14(10-8-13)27-20-16(22)5-3-11-24-20/h1-11,17H,12,22-23H2,(H,25,26)/t17-/m0/s1. The second-order valence-electron chi connectivity index (χ2n) is 5.92. The molecular formula is C20H19FN4O2. The topological polar surface area (TPSA) is 103 Å². The zero-order chi connectivity index (χ0) is 19.2. The molecule has 0 radical (unpaired) electrons. The van der Waals surface area contributed by atoms with Gasteiger partial charge in [0.05, 0.1) is 17.4 Å². The number of ether oxygens (including phenoxy) is 1. The average molecular weight is 366 g/mol. The number of nitrogen functional groups attached to an aromatic ring is 1. The number of hydrogen-bond donors (Lipinski definition) is 3. The molecule has 138 valence electrons. The van der Waals surface area contributed by atoms with Crippen molar-refractivity contribution in [2.24, 2.45) is 5.73 Å². The van der Waals surface area contributed by atoms with Crippen molar-refractivity contribution in [2.75, 3.05) is 11.1 Å². The molecule has 0 bridgehead atoms. The fraction of sp³-hybridized carbons (Fsp3) is 0.100. The maximum Gasteiger partial charge on any atom is 0.242 e. The molecule has 0 aliphatic rings. The maximum atomic E-state index is 13.6. The lowest BCUT2D eigenvalue weighted by atomic mass is 10.1. The highest BCUT2D eigenvalue weighted by molar-refractivity contribution is 5.94. The number of para-hydroxylation sites is 1. The summed E-state index contributed by atoms with van der Waals surface area (Å²) in [6, 6.07) is 15.6. The van der Waals surface area contributed by atoms with Gasteiger partial charge in [0.25, 0.3) is 0 Å². The molecule has 0 unspecified atom stereocenters. The Bertz CT molecular complexity index is 931. The molecule has 7 heteroatoms. The summed E-state index contributed by atoms with van der Waals surface area (Å²) in [6.07, 6.45) is 1.89. The molecule has 2 aromatic carbocycles. The highest BCUT2D eigenvalue weighted by Gasteiger charge is 2.16. The summed E-state index contributed by atoms with van der Waals surface area (Å²) < 4.78 is 19.2. The Morgan fingerprint density at radius 2 is 1.85 bits per heavy atom. The van der Waals surface area contributed by atoms with E-state index in [1.807, 2.05) is 0 Å². The average Bonchev–Trinajstić information content (AvgIpc) is 2.67. The van der Waals surface area contributed by atoms with Crippen LogP contribution in [0, 0.1) is 5.82 Å². The van der Waals surface area contributed by atoms with E-state index >= 15 is 0 Å². The van der Waals surface area contributed by atoms with Crippen LogP contribution in [0.2, 0.25) is 0 Å². The maximum absolute atomic E-state index is 13.6. The number of halogens is 1. The number of benzene rings is 2. The molecule has 0 spiro atoms. The van der Waals surface area contributed by atoms with Gasteiger partial charge in [0, 0.05) is 6.20 Å². The van der Waals surface area contributed by atoms with E-state index in [2.05, 4.69) is 10.3 Å². The van der Waals surface area contributed by atoms with Crippen LogP contribution in [0.1, 0.15) is 5.56 Å². The van der Waals surface area contributed by atoms with Crippen LogP contribution in [0.15, 0.2) is 66.9 Å². The molecule has 3 aromatic rings. The molecular weight excluding hydrogens is 347 g/mol. The Morgan fingerprint density at radius 3 is 2.56 bits per heavy atom. The van der Waals surface area contributed by atoms with Crippen molar-refractivity contribution >= 4 is 17.3 Å². The highest BCUT2D eigenvalue weighted by Crippen LogP contribution is 2.24. The fourth-order valence-electron chi connectivity index (χ4n) is 2.43. The molecule has 0 aliphatic heterocycles. The van der Waals surface area contributed by atoms with Crippen molar-refractivity contribution in [1.82, 2.24) is 4.98 Å². The summed E-state index contributed by atoms with van der Waals surface area (Å²) in [5, 5.41) is 2.49. The van der Waals surface area contributed by atoms with Gasteiger partial charge < -0.3 is 21.5 Å². The van der Waals surface area contributed by atoms with Gasteiger partial charge in [-0.1, -0.05) is 24.3 Å². The Labute approximate surface area is 156 Å². The van der Waals surface area contributed by atoms with E-state index in [1.165, 1.54) is 12.1 Å². The number of hydrogen-bond acceptors (Lipinski definition) is 5. The first kappa shape index (κ1) is 18.3. The minimum atomic E-state index is -0.817. The lowest BCUT2D eigenvalue weighted by Crippen LogP contribution is -2.37. The predicted octanol–water partition coefficient (Wildman–Crippen LogP) is 3.10. The van der Waals surface area contributed by atoms with E-state index in [1.54, 1.807) is 54.7 Å². The molecule has 0 saturated carbocycles. The monoisotopic (exact) mass is 366 g/mol. The van der Waals surface area contributed by atoms with E-state index < -0.39 is 17.8 Å². The zero-order valence-electron chi connectivity index (χ0n) is 14.4. The van der Waals surface area contributed by atoms with Crippen LogP contribution in [-0.4, -0.2) is 16.9 Å². The van der Waals surface area contributed by atoms with E-state index in [0.717, 1.165) is 5.56 Å². The second kappa shape index (κ2) is 8.29. The van der Waals surface area contributed by atoms with Gasteiger partial charge in [0.1, 0.15) is 11.6 Å². The summed E-state index contributed by atoms with van der Waals surface area (Å²) in [4.78, 5) is 16.2. The van der Waals surface area contributed by atoms with Gasteiger partial charge in [0.2, 0.25) is 11.8 Å². The van der Waals surface area contributed by atoms with Crippen LogP contribution < -0.4 is 21.5 Å². The van der Waals surface area contributed by atoms with Crippen molar-refractivity contribution < 1.29 is 13.9 Å². The number of nitrogens with one attached hydrogen (secondary N) is 1. The quantitative estimate of drug-likeness (QED) is 0.622. The number of nitrogens with two attached hydrogens (primary N) is 2. The molecule has 1 atom stereocenters. The molecule has 0 aliphatic carbocycles. The summed E-state index contributed by atoms with van der Waals surface area (Å²) in [5.74, 6) is -0.0743. The van der Waals surface area contributed by atoms with Gasteiger partial charge >= 0.3 is 0 Å². The summed E-state index contributed by atoms with van der Waals surface area (Å²) >= 11 is 0. The number of pyridine rings is 1. The van der Waals surface area contributed by atoms with Gasteiger partial charge in [-0.05, 0) is 48.4 Å². The molecule has 1 aromatic heterocycles. The largest absolute Gasteiger partial charge is 0.437 e. The van der Waals surface area contributed by atoms with Crippen LogP contribution in [0.25, 0.3) is 0 Å². The van der Waals surface area contributed by atoms with E-state index in [0.29, 0.717) is 23.7 Å². The van der Waals surface area contributed by atoms with Crippen LogP contribution in [-0.2, 0) is 11.2 Å². The first-order valence-electron chi connectivity index (χ1n) is 8.31. The Hall–Kier alpha value is -3.45. The summed E-state index contributed by atoms with van der Waals surface area (Å²) in [5.41, 5.74) is 13.1. The molecule has 3 rings (SSSR count). The lowest BCUT2D eigenvalue weighted by Gasteiger charge is -2.13. The lowest BCUT2D eigenvalue weighted by molar-refractivity contribution is -0.117. The number of carbonyl (C=O) groups excluding carboxylic acids is 1. The number of anilines is 2. The molecule has 1 amide bonds. The van der Waals surface area contributed by atoms with Crippen LogP contribution in [0.5, 0.6) is 11.6 Å². The molecule has 0 fully saturated rings. The SMILES string of the molecule is Nc1cccnc1Oc1ccc(C[C@H](N)C(=O)Nc2ccccc2F)cc1. The van der Waals surface area contributed by atoms with Gasteiger partial charge in [-0.3, -0.25) is 4.79 Å². The molecule has 1 heterocycles. The minimum absolute atomic E-state index is 0.106.